The highest BCUT2D eigenvalue weighted by Gasteiger charge is 2.23. The molecule has 1 unspecified atom stereocenters. The molecule has 0 aromatic carbocycles. The smallest absolute Gasteiger partial charge is 0.332 e. The van der Waals surface area contributed by atoms with Gasteiger partial charge in [-0.25, -0.2) is 4.79 Å². The van der Waals surface area contributed by atoms with E-state index in [9.17, 15) is 14.9 Å². The van der Waals surface area contributed by atoms with E-state index in [1.807, 2.05) is 31.2 Å². The van der Waals surface area contributed by atoms with E-state index in [2.05, 4.69) is 4.98 Å². The van der Waals surface area contributed by atoms with Gasteiger partial charge in [0.05, 0.1) is 11.7 Å². The quantitative estimate of drug-likeness (QED) is 0.826. The molecule has 114 valence electrons. The molecule has 7 nitrogen and oxygen atoms in total. The number of hydrogen-bond donors (Lipinski definition) is 0. The van der Waals surface area contributed by atoms with E-state index >= 15 is 0 Å². The first-order chi connectivity index (χ1) is 10.4. The van der Waals surface area contributed by atoms with Gasteiger partial charge < -0.3 is 4.90 Å². The number of pyridine rings is 1. The fraction of sp³-hybridized carbons (Fsp3) is 0.333. The molecule has 1 atom stereocenters. The third-order valence-corrected chi connectivity index (χ3v) is 3.78. The number of nitrogens with zero attached hydrogens (tertiary/aromatic N) is 5. The van der Waals surface area contributed by atoms with Gasteiger partial charge in [-0.15, -0.1) is 0 Å². The lowest BCUT2D eigenvalue weighted by molar-refractivity contribution is 0.632. The van der Waals surface area contributed by atoms with Crippen molar-refractivity contribution in [2.24, 2.45) is 14.1 Å². The van der Waals surface area contributed by atoms with Crippen LogP contribution in [-0.4, -0.2) is 21.2 Å². The van der Waals surface area contributed by atoms with Crippen LogP contribution in [-0.2, 0) is 14.1 Å². The second-order valence-corrected chi connectivity index (χ2v) is 5.06. The van der Waals surface area contributed by atoms with Gasteiger partial charge in [-0.2, -0.15) is 5.26 Å². The first-order valence-corrected chi connectivity index (χ1v) is 6.74. The first kappa shape index (κ1) is 15.5. The Morgan fingerprint density at radius 1 is 1.27 bits per heavy atom. The van der Waals surface area contributed by atoms with Gasteiger partial charge in [-0.1, -0.05) is 6.07 Å². The maximum absolute atomic E-state index is 12.1. The number of aromatic nitrogens is 3. The Bertz CT molecular complexity index is 845. The van der Waals surface area contributed by atoms with Crippen molar-refractivity contribution in [1.29, 1.82) is 5.26 Å². The molecule has 0 bridgehead atoms. The van der Waals surface area contributed by atoms with Crippen molar-refractivity contribution in [1.82, 2.24) is 14.1 Å². The fourth-order valence-corrected chi connectivity index (χ4v) is 2.35. The van der Waals surface area contributed by atoms with Crippen LogP contribution >= 0.6 is 0 Å². The van der Waals surface area contributed by atoms with Gasteiger partial charge in [0.15, 0.2) is 5.56 Å². The lowest BCUT2D eigenvalue weighted by atomic mass is 10.1. The maximum Gasteiger partial charge on any atom is 0.332 e. The summed E-state index contributed by atoms with van der Waals surface area (Å²) in [7, 11) is 4.63. The number of hydrogen-bond acceptors (Lipinski definition) is 5. The Morgan fingerprint density at radius 2 is 1.95 bits per heavy atom. The van der Waals surface area contributed by atoms with Crippen molar-refractivity contribution in [3.05, 3.63) is 56.5 Å². The Kier molecular flexibility index (Phi) is 4.13. The molecule has 0 fully saturated rings. The van der Waals surface area contributed by atoms with Crippen molar-refractivity contribution < 1.29 is 0 Å². The van der Waals surface area contributed by atoms with Gasteiger partial charge in [0, 0.05) is 27.3 Å². The highest BCUT2D eigenvalue weighted by molar-refractivity contribution is 5.54. The van der Waals surface area contributed by atoms with Crippen LogP contribution < -0.4 is 16.1 Å². The van der Waals surface area contributed by atoms with Crippen LogP contribution in [0.2, 0.25) is 0 Å². The van der Waals surface area contributed by atoms with Crippen LogP contribution in [0.25, 0.3) is 0 Å². The van der Waals surface area contributed by atoms with Crippen molar-refractivity contribution >= 4 is 5.82 Å². The number of rotatable bonds is 3. The molecule has 22 heavy (non-hydrogen) atoms. The molecule has 0 N–H and O–H groups in total. The lowest BCUT2D eigenvalue weighted by Gasteiger charge is -2.28. The summed E-state index contributed by atoms with van der Waals surface area (Å²) in [5, 5.41) is 9.32. The molecule has 0 amide bonds. The molecule has 0 aliphatic heterocycles. The fourth-order valence-electron chi connectivity index (χ4n) is 2.35. The third kappa shape index (κ3) is 2.39. The van der Waals surface area contributed by atoms with Gasteiger partial charge in [0.1, 0.15) is 11.9 Å². The van der Waals surface area contributed by atoms with Crippen LogP contribution in [0.15, 0.2) is 34.0 Å². The van der Waals surface area contributed by atoms with Crippen LogP contribution in [0.5, 0.6) is 0 Å². The minimum atomic E-state index is -0.597. The van der Waals surface area contributed by atoms with Crippen LogP contribution in [0, 0.1) is 11.3 Å². The summed E-state index contributed by atoms with van der Waals surface area (Å²) < 4.78 is 2.24. The summed E-state index contributed by atoms with van der Waals surface area (Å²) in [6.45, 7) is 1.89. The van der Waals surface area contributed by atoms with E-state index in [0.717, 1.165) is 10.3 Å². The predicted octanol–water partition coefficient (Wildman–Crippen LogP) is 0.548. The topological polar surface area (TPSA) is 83.9 Å². The van der Waals surface area contributed by atoms with Crippen LogP contribution in [0.3, 0.4) is 0 Å². The van der Waals surface area contributed by atoms with Crippen molar-refractivity contribution in [3.63, 3.8) is 0 Å². The first-order valence-electron chi connectivity index (χ1n) is 6.74. The standard InChI is InChI=1S/C15H17N5O2/c1-10(12-7-5-6-8-17-12)18(2)13-11(9-16)14(21)20(4)15(22)19(13)3/h5-8,10H,1-4H3. The van der Waals surface area contributed by atoms with Gasteiger partial charge >= 0.3 is 5.69 Å². The highest BCUT2D eigenvalue weighted by Crippen LogP contribution is 2.24. The van der Waals surface area contributed by atoms with E-state index in [-0.39, 0.29) is 17.4 Å². The van der Waals surface area contributed by atoms with Gasteiger partial charge in [-0.05, 0) is 19.1 Å². The van der Waals surface area contributed by atoms with Crippen molar-refractivity contribution in [2.45, 2.75) is 13.0 Å². The van der Waals surface area contributed by atoms with Gasteiger partial charge in [0.25, 0.3) is 5.56 Å². The molecule has 0 saturated carbocycles. The van der Waals surface area contributed by atoms with E-state index in [4.69, 9.17) is 0 Å². The van der Waals surface area contributed by atoms with Gasteiger partial charge in [0.2, 0.25) is 0 Å². The summed E-state index contributed by atoms with van der Waals surface area (Å²) >= 11 is 0. The van der Waals surface area contributed by atoms with Crippen molar-refractivity contribution in [2.75, 3.05) is 11.9 Å². The van der Waals surface area contributed by atoms with E-state index < -0.39 is 11.2 Å². The molecular weight excluding hydrogens is 282 g/mol. The SMILES string of the molecule is CC(c1ccccn1)N(C)c1c(C#N)c(=O)n(C)c(=O)n1C. The van der Waals surface area contributed by atoms with E-state index in [1.54, 1.807) is 25.2 Å². The molecule has 0 aliphatic carbocycles. The monoisotopic (exact) mass is 299 g/mol. The second-order valence-electron chi connectivity index (χ2n) is 5.06. The molecule has 2 aromatic rings. The van der Waals surface area contributed by atoms with Crippen LogP contribution in [0.1, 0.15) is 24.2 Å². The molecule has 2 heterocycles. The summed E-state index contributed by atoms with van der Waals surface area (Å²) in [6.07, 6.45) is 1.67. The van der Waals surface area contributed by atoms with Gasteiger partial charge in [-0.3, -0.25) is 18.9 Å². The van der Waals surface area contributed by atoms with E-state index in [1.165, 1.54) is 11.6 Å². The molecular formula is C15H17N5O2. The summed E-state index contributed by atoms with van der Waals surface area (Å²) in [5.74, 6) is 0.286. The Hall–Kier alpha value is -2.88. The minimum Gasteiger partial charge on any atom is -0.351 e. The van der Waals surface area contributed by atoms with Crippen LogP contribution in [0.4, 0.5) is 5.82 Å². The number of nitriles is 1. The summed E-state index contributed by atoms with van der Waals surface area (Å²) in [4.78, 5) is 30.2. The second kappa shape index (κ2) is 5.85. The summed E-state index contributed by atoms with van der Waals surface area (Å²) in [5.41, 5.74) is -0.350. The zero-order valence-corrected chi connectivity index (χ0v) is 12.9. The average molecular weight is 299 g/mol. The summed E-state index contributed by atoms with van der Waals surface area (Å²) in [6, 6.07) is 7.23. The predicted molar refractivity (Wildman–Crippen MR) is 82.7 cm³/mol. The molecule has 0 radical (unpaired) electrons. The third-order valence-electron chi connectivity index (χ3n) is 3.78. The molecule has 0 spiro atoms. The minimum absolute atomic E-state index is 0.0603. The Balaban J connectivity index is 2.65. The van der Waals surface area contributed by atoms with E-state index in [0.29, 0.717) is 0 Å². The largest absolute Gasteiger partial charge is 0.351 e. The average Bonchev–Trinajstić information content (AvgIpc) is 2.55. The van der Waals surface area contributed by atoms with Crippen molar-refractivity contribution in [3.8, 4) is 6.07 Å². The zero-order chi connectivity index (χ0) is 16.4. The molecule has 2 rings (SSSR count). The molecule has 2 aromatic heterocycles. The molecule has 7 heteroatoms. The Labute approximate surface area is 127 Å². The maximum atomic E-state index is 12.1. The molecule has 0 aliphatic rings. The highest BCUT2D eigenvalue weighted by atomic mass is 16.2. The zero-order valence-electron chi connectivity index (χ0n) is 12.9. The normalized spacial score (nSPS) is 11.8. The Morgan fingerprint density at radius 3 is 2.50 bits per heavy atom. The lowest BCUT2D eigenvalue weighted by Crippen LogP contribution is -2.42. The number of anilines is 1. The molecule has 0 saturated heterocycles.